The molecule has 0 heterocycles. The topological polar surface area (TPSA) is 91.2 Å². The summed E-state index contributed by atoms with van der Waals surface area (Å²) >= 11 is 0. The minimum Gasteiger partial charge on any atom is -0.462 e. The molecule has 0 spiro atoms. The fraction of sp³-hybridized carbons (Fsp3) is 0.353. The van der Waals surface area contributed by atoms with E-state index in [1.165, 1.54) is 6.20 Å². The number of nitrogens with zero attached hydrogens (tertiary/aromatic N) is 1. The van der Waals surface area contributed by atoms with Gasteiger partial charge in [-0.15, -0.1) is 0 Å². The number of benzene rings is 1. The van der Waals surface area contributed by atoms with Gasteiger partial charge < -0.3 is 15.4 Å². The molecule has 0 saturated carbocycles. The number of carbonyl (C=O) groups is 2. The fourth-order valence-corrected chi connectivity index (χ4v) is 1.61. The molecule has 0 fully saturated rings. The van der Waals surface area contributed by atoms with Crippen LogP contribution in [-0.4, -0.2) is 24.0 Å². The largest absolute Gasteiger partial charge is 0.462 e. The number of para-hydroxylation sites is 1. The van der Waals surface area contributed by atoms with Gasteiger partial charge in [-0.1, -0.05) is 12.1 Å². The van der Waals surface area contributed by atoms with Crippen LogP contribution in [-0.2, 0) is 9.53 Å². The fourth-order valence-electron chi connectivity index (χ4n) is 1.61. The van der Waals surface area contributed by atoms with E-state index in [4.69, 9.17) is 10.00 Å². The van der Waals surface area contributed by atoms with Gasteiger partial charge in [0.2, 0.25) is 0 Å². The standard InChI is InChI=1S/C17H21N3O3/c1-5-23-16(22)13-8-6-7-9-14(13)20-15(21)12(10-18)11-19-17(2,3)4/h6-9,11,19H,5H2,1-4H3,(H,20,21)/b12-11-. The zero-order valence-corrected chi connectivity index (χ0v) is 13.8. The second-order valence-electron chi connectivity index (χ2n) is 5.78. The van der Waals surface area contributed by atoms with E-state index in [1.54, 1.807) is 31.2 Å². The molecule has 0 radical (unpaired) electrons. The summed E-state index contributed by atoms with van der Waals surface area (Å²) in [4.78, 5) is 24.1. The van der Waals surface area contributed by atoms with E-state index < -0.39 is 11.9 Å². The van der Waals surface area contributed by atoms with Crippen molar-refractivity contribution in [2.75, 3.05) is 11.9 Å². The van der Waals surface area contributed by atoms with Gasteiger partial charge in [-0.3, -0.25) is 4.79 Å². The predicted octanol–water partition coefficient (Wildman–Crippen LogP) is 2.60. The van der Waals surface area contributed by atoms with Gasteiger partial charge in [0.25, 0.3) is 5.91 Å². The minimum absolute atomic E-state index is 0.0846. The lowest BCUT2D eigenvalue weighted by Gasteiger charge is -2.19. The molecular weight excluding hydrogens is 294 g/mol. The van der Waals surface area contributed by atoms with Crippen molar-refractivity contribution in [3.8, 4) is 6.07 Å². The molecule has 0 saturated heterocycles. The number of nitriles is 1. The molecule has 0 bridgehead atoms. The summed E-state index contributed by atoms with van der Waals surface area (Å²) in [6.45, 7) is 7.67. The Labute approximate surface area is 136 Å². The number of ether oxygens (including phenoxy) is 1. The summed E-state index contributed by atoms with van der Waals surface area (Å²) in [7, 11) is 0. The lowest BCUT2D eigenvalue weighted by Crippen LogP contribution is -2.32. The maximum atomic E-state index is 12.2. The molecule has 0 atom stereocenters. The Kier molecular flexibility index (Phi) is 6.34. The second-order valence-corrected chi connectivity index (χ2v) is 5.78. The molecule has 1 aromatic rings. The number of nitrogens with one attached hydrogen (secondary N) is 2. The first-order valence-electron chi connectivity index (χ1n) is 7.24. The number of hydrogen-bond acceptors (Lipinski definition) is 5. The van der Waals surface area contributed by atoms with Gasteiger partial charge >= 0.3 is 5.97 Å². The Bertz CT molecular complexity index is 652. The van der Waals surface area contributed by atoms with Crippen LogP contribution in [0.25, 0.3) is 0 Å². The summed E-state index contributed by atoms with van der Waals surface area (Å²) < 4.78 is 4.95. The third-order valence-corrected chi connectivity index (χ3v) is 2.69. The molecule has 0 aliphatic heterocycles. The first-order valence-corrected chi connectivity index (χ1v) is 7.24. The smallest absolute Gasteiger partial charge is 0.340 e. The maximum absolute atomic E-state index is 12.2. The highest BCUT2D eigenvalue weighted by Gasteiger charge is 2.17. The second kappa shape index (κ2) is 7.99. The van der Waals surface area contributed by atoms with Crippen LogP contribution in [0.1, 0.15) is 38.1 Å². The van der Waals surface area contributed by atoms with E-state index in [9.17, 15) is 9.59 Å². The number of hydrogen-bond donors (Lipinski definition) is 2. The van der Waals surface area contributed by atoms with Crippen molar-refractivity contribution in [2.45, 2.75) is 33.2 Å². The summed E-state index contributed by atoms with van der Waals surface area (Å²) in [5.41, 5.74) is 0.181. The van der Waals surface area contributed by atoms with Crippen LogP contribution in [0.4, 0.5) is 5.69 Å². The van der Waals surface area contributed by atoms with Crippen LogP contribution < -0.4 is 10.6 Å². The van der Waals surface area contributed by atoms with Gasteiger partial charge in [-0.05, 0) is 39.8 Å². The van der Waals surface area contributed by atoms with Gasteiger partial charge in [-0.25, -0.2) is 4.79 Å². The van der Waals surface area contributed by atoms with Crippen LogP contribution in [0.2, 0.25) is 0 Å². The minimum atomic E-state index is -0.596. The van der Waals surface area contributed by atoms with Crippen LogP contribution in [0, 0.1) is 11.3 Å². The first kappa shape index (κ1) is 18.2. The zero-order chi connectivity index (χ0) is 17.5. The highest BCUT2D eigenvalue weighted by molar-refractivity contribution is 6.09. The quantitative estimate of drug-likeness (QED) is 0.495. The van der Waals surface area contributed by atoms with Crippen molar-refractivity contribution in [2.24, 2.45) is 0 Å². The Morgan fingerprint density at radius 2 is 1.96 bits per heavy atom. The van der Waals surface area contributed by atoms with Crippen LogP contribution in [0.3, 0.4) is 0 Å². The van der Waals surface area contributed by atoms with Crippen molar-refractivity contribution in [3.05, 3.63) is 41.6 Å². The summed E-state index contributed by atoms with van der Waals surface area (Å²) in [5.74, 6) is -1.13. The van der Waals surface area contributed by atoms with Crippen molar-refractivity contribution in [1.29, 1.82) is 5.26 Å². The molecule has 0 aromatic heterocycles. The van der Waals surface area contributed by atoms with Gasteiger partial charge in [-0.2, -0.15) is 5.26 Å². The van der Waals surface area contributed by atoms with Crippen molar-refractivity contribution < 1.29 is 14.3 Å². The van der Waals surface area contributed by atoms with Crippen molar-refractivity contribution in [3.63, 3.8) is 0 Å². The Morgan fingerprint density at radius 3 is 2.52 bits per heavy atom. The third-order valence-electron chi connectivity index (χ3n) is 2.69. The maximum Gasteiger partial charge on any atom is 0.340 e. The molecule has 1 rings (SSSR count). The zero-order valence-electron chi connectivity index (χ0n) is 13.8. The van der Waals surface area contributed by atoms with Gasteiger partial charge in [0.05, 0.1) is 17.9 Å². The molecular formula is C17H21N3O3. The van der Waals surface area contributed by atoms with E-state index in [1.807, 2.05) is 26.8 Å². The summed E-state index contributed by atoms with van der Waals surface area (Å²) in [6.07, 6.45) is 1.36. The molecule has 23 heavy (non-hydrogen) atoms. The molecule has 6 heteroatoms. The number of anilines is 1. The van der Waals surface area contributed by atoms with Crippen LogP contribution in [0.5, 0.6) is 0 Å². The normalized spacial score (nSPS) is 11.3. The molecule has 0 unspecified atom stereocenters. The molecule has 6 nitrogen and oxygen atoms in total. The lowest BCUT2D eigenvalue weighted by atomic mass is 10.1. The van der Waals surface area contributed by atoms with Crippen LogP contribution in [0.15, 0.2) is 36.0 Å². The first-order chi connectivity index (χ1) is 10.8. The van der Waals surface area contributed by atoms with E-state index in [0.717, 1.165) is 0 Å². The molecule has 1 aromatic carbocycles. The molecule has 122 valence electrons. The number of carbonyl (C=O) groups excluding carboxylic acids is 2. The van der Waals surface area contributed by atoms with Crippen molar-refractivity contribution >= 4 is 17.6 Å². The Morgan fingerprint density at radius 1 is 1.30 bits per heavy atom. The molecule has 0 aliphatic rings. The van der Waals surface area contributed by atoms with E-state index in [2.05, 4.69) is 10.6 Å². The van der Waals surface area contributed by atoms with Gasteiger partial charge in [0.15, 0.2) is 0 Å². The number of rotatable bonds is 5. The van der Waals surface area contributed by atoms with Crippen molar-refractivity contribution in [1.82, 2.24) is 5.32 Å². The third kappa shape index (κ3) is 5.83. The highest BCUT2D eigenvalue weighted by atomic mass is 16.5. The van der Waals surface area contributed by atoms with E-state index in [0.29, 0.717) is 5.69 Å². The van der Waals surface area contributed by atoms with Gasteiger partial charge in [0.1, 0.15) is 11.6 Å². The highest BCUT2D eigenvalue weighted by Crippen LogP contribution is 2.17. The SMILES string of the molecule is CCOC(=O)c1ccccc1NC(=O)/C(C#N)=C\NC(C)(C)C. The predicted molar refractivity (Wildman–Crippen MR) is 87.6 cm³/mol. The average molecular weight is 315 g/mol. The Hall–Kier alpha value is -2.81. The Balaban J connectivity index is 2.97. The molecule has 0 aliphatic carbocycles. The van der Waals surface area contributed by atoms with Gasteiger partial charge in [0, 0.05) is 11.7 Å². The molecule has 2 N–H and O–H groups in total. The van der Waals surface area contributed by atoms with E-state index >= 15 is 0 Å². The summed E-state index contributed by atoms with van der Waals surface area (Å²) in [5, 5.41) is 14.7. The number of esters is 1. The van der Waals surface area contributed by atoms with Crippen LogP contribution >= 0.6 is 0 Å². The van der Waals surface area contributed by atoms with E-state index in [-0.39, 0.29) is 23.3 Å². The lowest BCUT2D eigenvalue weighted by molar-refractivity contribution is -0.112. The summed E-state index contributed by atoms with van der Waals surface area (Å²) in [6, 6.07) is 8.32. The molecule has 1 amide bonds. The monoisotopic (exact) mass is 315 g/mol. The average Bonchev–Trinajstić information content (AvgIpc) is 2.47. The number of amides is 1.